The number of pyridine rings is 1. The molecule has 0 saturated heterocycles. The van der Waals surface area contributed by atoms with Crippen LogP contribution in [0.2, 0.25) is 0 Å². The third-order valence-electron chi connectivity index (χ3n) is 6.31. The molecule has 2 aromatic carbocycles. The first-order chi connectivity index (χ1) is 14.5. The van der Waals surface area contributed by atoms with Gasteiger partial charge in [0.1, 0.15) is 23.1 Å². The van der Waals surface area contributed by atoms with Gasteiger partial charge in [-0.3, -0.25) is 0 Å². The third-order valence-corrected chi connectivity index (χ3v) is 6.31. The van der Waals surface area contributed by atoms with Gasteiger partial charge in [-0.25, -0.2) is 9.47 Å². The van der Waals surface area contributed by atoms with Gasteiger partial charge in [0.05, 0.1) is 12.6 Å². The first-order valence-corrected chi connectivity index (χ1v) is 10.6. The van der Waals surface area contributed by atoms with Gasteiger partial charge >= 0.3 is 0 Å². The molecule has 0 saturated carbocycles. The minimum absolute atomic E-state index is 0.273. The average molecular weight is 399 g/mol. The molecule has 0 N–H and O–H groups in total. The molecule has 152 valence electrons. The van der Waals surface area contributed by atoms with Gasteiger partial charge in [0.2, 0.25) is 0 Å². The standard InChI is InChI=1S/C26H28N3O/c1-17(2)28-15-16-29(19(28)4)24-12-8-10-22(27(24)5)25-18(3)13-14-21-20-9-6-7-11-23(20)30-26(21)25/h6-17,19H,1-5H3/q+1. The lowest BCUT2D eigenvalue weighted by atomic mass is 10.0. The highest BCUT2D eigenvalue weighted by Crippen LogP contribution is 2.37. The smallest absolute Gasteiger partial charge is 0.283 e. The van der Waals surface area contributed by atoms with Crippen LogP contribution in [0.4, 0.5) is 5.82 Å². The Morgan fingerprint density at radius 2 is 1.73 bits per heavy atom. The lowest BCUT2D eigenvalue weighted by Crippen LogP contribution is -2.45. The Balaban J connectivity index is 1.69. The van der Waals surface area contributed by atoms with E-state index in [1.165, 1.54) is 5.56 Å². The van der Waals surface area contributed by atoms with E-state index in [4.69, 9.17) is 4.42 Å². The number of fused-ring (bicyclic) bond motifs is 3. The second-order valence-corrected chi connectivity index (χ2v) is 8.44. The fourth-order valence-electron chi connectivity index (χ4n) is 4.70. The van der Waals surface area contributed by atoms with E-state index in [-0.39, 0.29) is 6.17 Å². The van der Waals surface area contributed by atoms with Crippen molar-refractivity contribution in [1.29, 1.82) is 0 Å². The molecule has 0 spiro atoms. The number of hydrogen-bond acceptors (Lipinski definition) is 3. The van der Waals surface area contributed by atoms with Gasteiger partial charge in [-0.2, -0.15) is 0 Å². The maximum atomic E-state index is 6.36. The van der Waals surface area contributed by atoms with Crippen molar-refractivity contribution >= 4 is 27.8 Å². The number of rotatable bonds is 3. The summed E-state index contributed by atoms with van der Waals surface area (Å²) in [7, 11) is 2.14. The first kappa shape index (κ1) is 18.7. The maximum absolute atomic E-state index is 6.36. The molecular formula is C26H28N3O+. The van der Waals surface area contributed by atoms with Gasteiger partial charge < -0.3 is 9.32 Å². The van der Waals surface area contributed by atoms with Crippen LogP contribution >= 0.6 is 0 Å². The minimum atomic E-state index is 0.273. The average Bonchev–Trinajstić information content (AvgIpc) is 3.29. The predicted molar refractivity (Wildman–Crippen MR) is 123 cm³/mol. The van der Waals surface area contributed by atoms with Gasteiger partial charge in [0.25, 0.3) is 5.82 Å². The lowest BCUT2D eigenvalue weighted by Gasteiger charge is -2.28. The van der Waals surface area contributed by atoms with Crippen molar-refractivity contribution in [3.8, 4) is 11.3 Å². The van der Waals surface area contributed by atoms with Crippen molar-refractivity contribution < 1.29 is 8.98 Å². The molecule has 0 bridgehead atoms. The third kappa shape index (κ3) is 2.71. The van der Waals surface area contributed by atoms with Crippen molar-refractivity contribution in [2.75, 3.05) is 4.90 Å². The highest BCUT2D eigenvalue weighted by molar-refractivity contribution is 6.09. The maximum Gasteiger partial charge on any atom is 0.283 e. The Morgan fingerprint density at radius 1 is 0.933 bits per heavy atom. The molecule has 2 aromatic heterocycles. The van der Waals surface area contributed by atoms with Crippen molar-refractivity contribution in [2.24, 2.45) is 7.05 Å². The van der Waals surface area contributed by atoms with Crippen LogP contribution in [-0.2, 0) is 7.05 Å². The second-order valence-electron chi connectivity index (χ2n) is 8.44. The number of aryl methyl sites for hydroxylation is 1. The Morgan fingerprint density at radius 3 is 2.50 bits per heavy atom. The van der Waals surface area contributed by atoms with Crippen LogP contribution in [0.1, 0.15) is 26.3 Å². The highest BCUT2D eigenvalue weighted by atomic mass is 16.3. The molecule has 1 aliphatic heterocycles. The molecule has 4 aromatic rings. The molecule has 4 heteroatoms. The normalized spacial score (nSPS) is 16.5. The summed E-state index contributed by atoms with van der Waals surface area (Å²) in [5.74, 6) is 1.16. The van der Waals surface area contributed by atoms with Crippen molar-refractivity contribution in [1.82, 2.24) is 4.90 Å². The van der Waals surface area contributed by atoms with Gasteiger partial charge in [0, 0.05) is 29.1 Å². The Kier molecular flexibility index (Phi) is 4.31. The number of hydrogen-bond donors (Lipinski definition) is 0. The zero-order valence-corrected chi connectivity index (χ0v) is 18.3. The van der Waals surface area contributed by atoms with Crippen LogP contribution in [0.3, 0.4) is 0 Å². The van der Waals surface area contributed by atoms with Crippen molar-refractivity contribution in [3.63, 3.8) is 0 Å². The predicted octanol–water partition coefficient (Wildman–Crippen LogP) is 5.73. The molecule has 30 heavy (non-hydrogen) atoms. The molecule has 4 nitrogen and oxygen atoms in total. The van der Waals surface area contributed by atoms with Crippen LogP contribution in [-0.4, -0.2) is 17.1 Å². The van der Waals surface area contributed by atoms with Crippen molar-refractivity contribution in [2.45, 2.75) is 39.9 Å². The van der Waals surface area contributed by atoms with Crippen LogP contribution in [0.25, 0.3) is 33.2 Å². The van der Waals surface area contributed by atoms with Crippen LogP contribution in [0.15, 0.2) is 71.4 Å². The zero-order valence-electron chi connectivity index (χ0n) is 18.3. The zero-order chi connectivity index (χ0) is 21.0. The number of para-hydroxylation sites is 1. The fraction of sp³-hybridized carbons (Fsp3) is 0.269. The van der Waals surface area contributed by atoms with E-state index in [1.54, 1.807) is 0 Å². The molecule has 1 atom stereocenters. The summed E-state index contributed by atoms with van der Waals surface area (Å²) in [4.78, 5) is 4.70. The van der Waals surface area contributed by atoms with E-state index in [1.807, 2.05) is 12.1 Å². The van der Waals surface area contributed by atoms with Crippen LogP contribution < -0.4 is 9.47 Å². The molecule has 0 aliphatic carbocycles. The minimum Gasteiger partial charge on any atom is -0.455 e. The summed E-state index contributed by atoms with van der Waals surface area (Å²) >= 11 is 0. The molecule has 0 fully saturated rings. The van der Waals surface area contributed by atoms with Gasteiger partial charge in [-0.1, -0.05) is 30.3 Å². The van der Waals surface area contributed by atoms with E-state index in [0.717, 1.165) is 39.0 Å². The number of furan rings is 1. The molecule has 0 radical (unpaired) electrons. The summed E-state index contributed by atoms with van der Waals surface area (Å²) < 4.78 is 8.64. The number of nitrogens with zero attached hydrogens (tertiary/aromatic N) is 3. The SMILES string of the molecule is Cc1ccc2c(oc3ccccc32)c1-c1cccc(N2C=CN(C(C)C)C2C)[n+]1C. The van der Waals surface area contributed by atoms with E-state index in [9.17, 15) is 0 Å². The van der Waals surface area contributed by atoms with E-state index in [0.29, 0.717) is 6.04 Å². The molecule has 0 amide bonds. The monoisotopic (exact) mass is 398 g/mol. The summed E-state index contributed by atoms with van der Waals surface area (Å²) in [6, 6.07) is 19.6. The Hall–Kier alpha value is -3.27. The van der Waals surface area contributed by atoms with Gasteiger partial charge in [-0.05, 0) is 51.5 Å². The quantitative estimate of drug-likeness (QED) is 0.412. The first-order valence-electron chi connectivity index (χ1n) is 10.6. The highest BCUT2D eigenvalue weighted by Gasteiger charge is 2.33. The number of anilines is 1. The largest absolute Gasteiger partial charge is 0.455 e. The second kappa shape index (κ2) is 6.91. The van der Waals surface area contributed by atoms with Crippen LogP contribution in [0, 0.1) is 6.92 Å². The van der Waals surface area contributed by atoms with Crippen molar-refractivity contribution in [3.05, 3.63) is 72.6 Å². The summed E-state index contributed by atoms with van der Waals surface area (Å²) in [6.45, 7) is 8.87. The summed E-state index contributed by atoms with van der Waals surface area (Å²) in [5.41, 5.74) is 5.41. The molecule has 5 rings (SSSR count). The Bertz CT molecular complexity index is 1280. The Labute approximate surface area is 177 Å². The van der Waals surface area contributed by atoms with Crippen LogP contribution in [0.5, 0.6) is 0 Å². The van der Waals surface area contributed by atoms with E-state index >= 15 is 0 Å². The van der Waals surface area contributed by atoms with E-state index in [2.05, 4.69) is 104 Å². The van der Waals surface area contributed by atoms with Gasteiger partial charge in [-0.15, -0.1) is 0 Å². The number of aromatic nitrogens is 1. The van der Waals surface area contributed by atoms with Gasteiger partial charge in [0.15, 0.2) is 6.17 Å². The molecule has 3 heterocycles. The summed E-state index contributed by atoms with van der Waals surface area (Å²) in [5, 5.41) is 2.33. The van der Waals surface area contributed by atoms with E-state index < -0.39 is 0 Å². The molecular weight excluding hydrogens is 370 g/mol. The fourth-order valence-corrected chi connectivity index (χ4v) is 4.70. The molecule has 1 aliphatic rings. The molecule has 1 unspecified atom stereocenters. The lowest BCUT2D eigenvalue weighted by molar-refractivity contribution is -0.647. The number of benzene rings is 2. The topological polar surface area (TPSA) is 23.5 Å². The summed E-state index contributed by atoms with van der Waals surface area (Å²) in [6.07, 6.45) is 4.64.